The van der Waals surface area contributed by atoms with Gasteiger partial charge in [0, 0.05) is 18.8 Å². The predicted molar refractivity (Wildman–Crippen MR) is 82.6 cm³/mol. The summed E-state index contributed by atoms with van der Waals surface area (Å²) in [5.41, 5.74) is 1.36. The highest BCUT2D eigenvalue weighted by Gasteiger charge is 2.43. The first-order valence-electron chi connectivity index (χ1n) is 7.52. The summed E-state index contributed by atoms with van der Waals surface area (Å²) >= 11 is 0. The van der Waals surface area contributed by atoms with Gasteiger partial charge in [0.2, 0.25) is 0 Å². The highest BCUT2D eigenvalue weighted by Crippen LogP contribution is 2.35. The van der Waals surface area contributed by atoms with E-state index in [-0.39, 0.29) is 12.5 Å². The molecule has 2 heterocycles. The van der Waals surface area contributed by atoms with E-state index >= 15 is 0 Å². The molecule has 22 heavy (non-hydrogen) atoms. The second kappa shape index (κ2) is 6.34. The molecule has 120 valence electrons. The zero-order chi connectivity index (χ0) is 16.3. The van der Waals surface area contributed by atoms with Gasteiger partial charge in [0.25, 0.3) is 5.91 Å². The van der Waals surface area contributed by atoms with Crippen molar-refractivity contribution in [1.29, 1.82) is 0 Å². The predicted octanol–water partition coefficient (Wildman–Crippen LogP) is 2.38. The fraction of sp³-hybridized carbons (Fsp3) is 0.562. The average Bonchev–Trinajstić information content (AvgIpc) is 2.91. The molecule has 0 saturated carbocycles. The normalized spacial score (nSPS) is 21.5. The molecule has 2 rings (SSSR count). The number of carbonyl (C=O) groups excluding carboxylic acids is 1. The number of piperidine rings is 1. The number of carboxylic acids is 1. The average molecular weight is 305 g/mol. The molecule has 1 aliphatic rings. The molecule has 1 aromatic rings. The van der Waals surface area contributed by atoms with Crippen molar-refractivity contribution in [2.45, 2.75) is 40.0 Å². The van der Waals surface area contributed by atoms with Crippen LogP contribution in [0.15, 0.2) is 17.7 Å². The van der Waals surface area contributed by atoms with Crippen molar-refractivity contribution in [3.63, 3.8) is 0 Å². The fourth-order valence-corrected chi connectivity index (χ4v) is 2.82. The van der Waals surface area contributed by atoms with Crippen LogP contribution in [0.2, 0.25) is 0 Å². The van der Waals surface area contributed by atoms with E-state index < -0.39 is 11.4 Å². The number of nitrogens with one attached hydrogen (secondary N) is 1. The molecule has 1 aliphatic heterocycles. The molecule has 1 atom stereocenters. The van der Waals surface area contributed by atoms with Crippen molar-refractivity contribution < 1.29 is 14.7 Å². The van der Waals surface area contributed by atoms with E-state index in [4.69, 9.17) is 0 Å². The summed E-state index contributed by atoms with van der Waals surface area (Å²) in [6.07, 6.45) is 3.68. The van der Waals surface area contributed by atoms with Crippen LogP contribution in [0.5, 0.6) is 0 Å². The zero-order valence-electron chi connectivity index (χ0n) is 13.3. The van der Waals surface area contributed by atoms with Crippen LogP contribution in [0.1, 0.15) is 49.3 Å². The van der Waals surface area contributed by atoms with E-state index in [1.807, 2.05) is 26.8 Å². The van der Waals surface area contributed by atoms with Gasteiger partial charge < -0.3 is 10.0 Å². The first-order chi connectivity index (χ1) is 10.3. The van der Waals surface area contributed by atoms with E-state index in [0.29, 0.717) is 31.5 Å². The number of aryl methyl sites for hydroxylation is 1. The lowest BCUT2D eigenvalue weighted by Gasteiger charge is -2.39. The molecule has 0 aliphatic carbocycles. The highest BCUT2D eigenvalue weighted by atomic mass is 16.4. The van der Waals surface area contributed by atoms with E-state index in [1.165, 1.54) is 0 Å². The maximum atomic E-state index is 12.5. The summed E-state index contributed by atoms with van der Waals surface area (Å²) in [6, 6.07) is 1.69. The van der Waals surface area contributed by atoms with Gasteiger partial charge in [-0.1, -0.05) is 11.6 Å². The third kappa shape index (κ3) is 3.37. The number of H-pyrrole nitrogens is 1. The van der Waals surface area contributed by atoms with Crippen molar-refractivity contribution in [1.82, 2.24) is 15.1 Å². The molecule has 0 radical (unpaired) electrons. The van der Waals surface area contributed by atoms with Crippen LogP contribution < -0.4 is 0 Å². The molecule has 0 spiro atoms. The Morgan fingerprint density at radius 3 is 2.77 bits per heavy atom. The zero-order valence-corrected chi connectivity index (χ0v) is 13.3. The monoisotopic (exact) mass is 305 g/mol. The van der Waals surface area contributed by atoms with Gasteiger partial charge in [-0.15, -0.1) is 0 Å². The lowest BCUT2D eigenvalue weighted by molar-refractivity contribution is -0.151. The number of hydrogen-bond acceptors (Lipinski definition) is 3. The Labute approximate surface area is 130 Å². The molecule has 1 saturated heterocycles. The maximum absolute atomic E-state index is 12.5. The van der Waals surface area contributed by atoms with Crippen molar-refractivity contribution in [2.24, 2.45) is 5.41 Å². The number of carboxylic acid groups (broad SMARTS) is 1. The molecule has 1 fully saturated rings. The van der Waals surface area contributed by atoms with Crippen molar-refractivity contribution in [2.75, 3.05) is 13.1 Å². The minimum absolute atomic E-state index is 0.202. The van der Waals surface area contributed by atoms with Gasteiger partial charge in [0.15, 0.2) is 0 Å². The standard InChI is InChI=1S/C16H23N3O3/c1-11(2)5-7-16(15(21)22)6-4-8-19(10-16)14(20)13-9-12(3)17-18-13/h5,9H,4,6-8,10H2,1-3H3,(H,17,18)(H,21,22). The molecular weight excluding hydrogens is 282 g/mol. The number of rotatable bonds is 4. The van der Waals surface area contributed by atoms with E-state index in [1.54, 1.807) is 11.0 Å². The quantitative estimate of drug-likeness (QED) is 0.836. The molecule has 2 N–H and O–H groups in total. The molecule has 1 unspecified atom stereocenters. The first kappa shape index (κ1) is 16.3. The summed E-state index contributed by atoms with van der Waals surface area (Å²) in [5, 5.41) is 16.4. The number of carbonyl (C=O) groups is 2. The van der Waals surface area contributed by atoms with Crippen molar-refractivity contribution >= 4 is 11.9 Å². The number of aromatic nitrogens is 2. The van der Waals surface area contributed by atoms with Gasteiger partial charge >= 0.3 is 5.97 Å². The van der Waals surface area contributed by atoms with Gasteiger partial charge in [0.1, 0.15) is 5.69 Å². The van der Waals surface area contributed by atoms with Crippen LogP contribution >= 0.6 is 0 Å². The number of aromatic amines is 1. The smallest absolute Gasteiger partial charge is 0.311 e. The second-order valence-corrected chi connectivity index (χ2v) is 6.34. The van der Waals surface area contributed by atoms with Crippen LogP contribution in [0, 0.1) is 12.3 Å². The van der Waals surface area contributed by atoms with Gasteiger partial charge in [-0.25, -0.2) is 0 Å². The Balaban J connectivity index is 2.20. The van der Waals surface area contributed by atoms with Crippen molar-refractivity contribution in [3.8, 4) is 0 Å². The number of hydrogen-bond donors (Lipinski definition) is 2. The summed E-state index contributed by atoms with van der Waals surface area (Å²) in [7, 11) is 0. The van der Waals surface area contributed by atoms with Crippen LogP contribution in [0.25, 0.3) is 0 Å². The second-order valence-electron chi connectivity index (χ2n) is 6.34. The molecule has 6 nitrogen and oxygen atoms in total. The minimum Gasteiger partial charge on any atom is -0.481 e. The highest BCUT2D eigenvalue weighted by molar-refractivity contribution is 5.93. The number of nitrogens with zero attached hydrogens (tertiary/aromatic N) is 2. The van der Waals surface area contributed by atoms with Crippen LogP contribution in [0.4, 0.5) is 0 Å². The topological polar surface area (TPSA) is 86.3 Å². The lowest BCUT2D eigenvalue weighted by Crippen LogP contribution is -2.49. The maximum Gasteiger partial charge on any atom is 0.311 e. The summed E-state index contributed by atoms with van der Waals surface area (Å²) < 4.78 is 0. The molecule has 0 bridgehead atoms. The van der Waals surface area contributed by atoms with Gasteiger partial charge in [-0.05, 0) is 46.1 Å². The Bertz CT molecular complexity index is 602. The van der Waals surface area contributed by atoms with E-state index in [0.717, 1.165) is 11.3 Å². The Kier molecular flexibility index (Phi) is 4.68. The summed E-state index contributed by atoms with van der Waals surface area (Å²) in [6.45, 7) is 6.55. The number of likely N-dealkylation sites (tertiary alicyclic amines) is 1. The van der Waals surface area contributed by atoms with Gasteiger partial charge in [-0.2, -0.15) is 5.10 Å². The Hall–Kier alpha value is -2.11. The van der Waals surface area contributed by atoms with Crippen molar-refractivity contribution in [3.05, 3.63) is 29.1 Å². The Morgan fingerprint density at radius 2 is 2.23 bits per heavy atom. The van der Waals surface area contributed by atoms with Crippen LogP contribution in [0.3, 0.4) is 0 Å². The SMILES string of the molecule is CC(C)=CCC1(C(=O)O)CCCN(C(=O)c2cc(C)[nH]n2)C1. The third-order valence-electron chi connectivity index (χ3n) is 4.14. The molecule has 0 aromatic carbocycles. The van der Waals surface area contributed by atoms with Gasteiger partial charge in [0.05, 0.1) is 5.41 Å². The molecule has 1 aromatic heterocycles. The largest absolute Gasteiger partial charge is 0.481 e. The lowest BCUT2D eigenvalue weighted by atomic mass is 9.76. The summed E-state index contributed by atoms with van der Waals surface area (Å²) in [4.78, 5) is 25.9. The number of allylic oxidation sites excluding steroid dienone is 2. The van der Waals surface area contributed by atoms with Crippen LogP contribution in [-0.2, 0) is 4.79 Å². The fourth-order valence-electron chi connectivity index (χ4n) is 2.82. The van der Waals surface area contributed by atoms with E-state index in [9.17, 15) is 14.7 Å². The van der Waals surface area contributed by atoms with Crippen LogP contribution in [-0.4, -0.2) is 45.2 Å². The number of aliphatic carboxylic acids is 1. The molecule has 1 amide bonds. The minimum atomic E-state index is -0.892. The molecular formula is C16H23N3O3. The Morgan fingerprint density at radius 1 is 1.50 bits per heavy atom. The van der Waals surface area contributed by atoms with Gasteiger partial charge in [-0.3, -0.25) is 14.7 Å². The van der Waals surface area contributed by atoms with E-state index in [2.05, 4.69) is 10.2 Å². The number of amides is 1. The molecule has 6 heteroatoms. The first-order valence-corrected chi connectivity index (χ1v) is 7.52. The third-order valence-corrected chi connectivity index (χ3v) is 4.14. The summed E-state index contributed by atoms with van der Waals surface area (Å²) in [5.74, 6) is -1.03.